The van der Waals surface area contributed by atoms with E-state index in [1.807, 2.05) is 12.4 Å². The molecule has 3 heterocycles. The van der Waals surface area contributed by atoms with E-state index in [0.29, 0.717) is 17.8 Å². The molecule has 0 bridgehead atoms. The molecule has 1 aliphatic heterocycles. The summed E-state index contributed by atoms with van der Waals surface area (Å²) in [7, 11) is 0. The molecule has 6 nitrogen and oxygen atoms in total. The lowest BCUT2D eigenvalue weighted by Crippen LogP contribution is -2.31. The second kappa shape index (κ2) is 10.2. The van der Waals surface area contributed by atoms with Crippen LogP contribution in [0, 0.1) is 17.6 Å². The highest BCUT2D eigenvalue weighted by Crippen LogP contribution is 2.31. The molecule has 2 unspecified atom stereocenters. The van der Waals surface area contributed by atoms with Crippen molar-refractivity contribution in [1.82, 2.24) is 19.5 Å². The summed E-state index contributed by atoms with van der Waals surface area (Å²) in [6, 6.07) is 4.26. The minimum Gasteiger partial charge on any atom is -0.471 e. The SMILES string of the molecule is Fc1cc(Cl)ccc1COc1nc(C2=CCC(Cc3nccn3CC3CCO3)CC2)ncc1F. The third kappa shape index (κ3) is 5.28. The number of hydrogen-bond acceptors (Lipinski definition) is 5. The van der Waals surface area contributed by atoms with Crippen molar-refractivity contribution in [2.24, 2.45) is 5.92 Å². The van der Waals surface area contributed by atoms with Crippen LogP contribution in [0.5, 0.6) is 5.88 Å². The standard InChI is InChI=1S/C25H25ClF2N4O2/c26-19-6-5-18(21(27)12-19)15-34-25-22(28)13-30-24(31-25)17-3-1-16(2-4-17)11-23-29-8-9-32(23)14-20-7-10-33-20/h3,5-6,8-9,12-13,16,20H,1-2,4,7,10-11,14-15H2. The van der Waals surface area contributed by atoms with E-state index in [2.05, 4.69) is 25.6 Å². The average Bonchev–Trinajstić information content (AvgIpc) is 3.24. The largest absolute Gasteiger partial charge is 0.471 e. The van der Waals surface area contributed by atoms with Crippen molar-refractivity contribution in [3.63, 3.8) is 0 Å². The van der Waals surface area contributed by atoms with E-state index in [1.54, 1.807) is 6.07 Å². The Morgan fingerprint density at radius 2 is 2.06 bits per heavy atom. The van der Waals surface area contributed by atoms with Crippen LogP contribution < -0.4 is 4.74 Å². The van der Waals surface area contributed by atoms with Crippen LogP contribution in [0.1, 0.15) is 42.9 Å². The fourth-order valence-electron chi connectivity index (χ4n) is 4.27. The van der Waals surface area contributed by atoms with Gasteiger partial charge in [0.05, 0.1) is 18.8 Å². The average molecular weight is 487 g/mol. The molecule has 1 saturated heterocycles. The van der Waals surface area contributed by atoms with Gasteiger partial charge >= 0.3 is 0 Å². The van der Waals surface area contributed by atoms with E-state index >= 15 is 0 Å². The number of aromatic nitrogens is 4. The zero-order chi connectivity index (χ0) is 23.5. The van der Waals surface area contributed by atoms with Crippen LogP contribution in [0.15, 0.2) is 42.9 Å². The van der Waals surface area contributed by atoms with E-state index in [0.717, 1.165) is 62.9 Å². The zero-order valence-corrected chi connectivity index (χ0v) is 19.3. The van der Waals surface area contributed by atoms with Crippen LogP contribution in [0.4, 0.5) is 8.78 Å². The maximum Gasteiger partial charge on any atom is 0.254 e. The lowest BCUT2D eigenvalue weighted by Gasteiger charge is -2.28. The first-order chi connectivity index (χ1) is 16.5. The molecule has 1 aliphatic carbocycles. The number of ether oxygens (including phenoxy) is 2. The number of halogens is 3. The van der Waals surface area contributed by atoms with Crippen LogP contribution in [-0.4, -0.2) is 32.2 Å². The van der Waals surface area contributed by atoms with Crippen molar-refractivity contribution < 1.29 is 18.3 Å². The molecule has 0 amide bonds. The first-order valence-corrected chi connectivity index (χ1v) is 11.8. The molecule has 0 N–H and O–H groups in total. The zero-order valence-electron chi connectivity index (χ0n) is 18.6. The Balaban J connectivity index is 1.21. The van der Waals surface area contributed by atoms with Crippen LogP contribution in [0.2, 0.25) is 5.02 Å². The molecular formula is C25H25ClF2N4O2. The normalized spacial score (nSPS) is 20.0. The first-order valence-electron chi connectivity index (χ1n) is 11.5. The van der Waals surface area contributed by atoms with E-state index in [-0.39, 0.29) is 23.1 Å². The molecule has 0 spiro atoms. The predicted octanol–water partition coefficient (Wildman–Crippen LogP) is 5.40. The van der Waals surface area contributed by atoms with Gasteiger partial charge in [0.2, 0.25) is 5.82 Å². The summed E-state index contributed by atoms with van der Waals surface area (Å²) in [5.41, 5.74) is 1.23. The summed E-state index contributed by atoms with van der Waals surface area (Å²) < 4.78 is 41.4. The van der Waals surface area contributed by atoms with E-state index in [1.165, 1.54) is 12.1 Å². The number of allylic oxidation sites excluding steroid dienone is 2. The topological polar surface area (TPSA) is 62.1 Å². The predicted molar refractivity (Wildman–Crippen MR) is 123 cm³/mol. The first kappa shape index (κ1) is 22.9. The van der Waals surface area contributed by atoms with Crippen molar-refractivity contribution >= 4 is 17.2 Å². The van der Waals surface area contributed by atoms with Crippen molar-refractivity contribution in [3.05, 3.63) is 76.7 Å². The Kier molecular flexibility index (Phi) is 6.87. The summed E-state index contributed by atoms with van der Waals surface area (Å²) >= 11 is 5.77. The van der Waals surface area contributed by atoms with Crippen LogP contribution in [0.25, 0.3) is 5.57 Å². The molecule has 9 heteroatoms. The van der Waals surface area contributed by atoms with Gasteiger partial charge in [0.15, 0.2) is 5.82 Å². The molecule has 1 aromatic carbocycles. The van der Waals surface area contributed by atoms with Crippen LogP contribution >= 0.6 is 11.6 Å². The Morgan fingerprint density at radius 3 is 2.79 bits per heavy atom. The molecule has 2 atom stereocenters. The van der Waals surface area contributed by atoms with Gasteiger partial charge in [-0.1, -0.05) is 23.7 Å². The molecule has 3 aromatic rings. The molecule has 34 heavy (non-hydrogen) atoms. The van der Waals surface area contributed by atoms with Gasteiger partial charge in [-0.05, 0) is 49.3 Å². The van der Waals surface area contributed by atoms with Gasteiger partial charge in [0.1, 0.15) is 18.2 Å². The number of benzene rings is 1. The van der Waals surface area contributed by atoms with Crippen LogP contribution in [0.3, 0.4) is 0 Å². The third-order valence-electron chi connectivity index (χ3n) is 6.36. The number of imidazole rings is 1. The number of hydrogen-bond donors (Lipinski definition) is 0. The van der Waals surface area contributed by atoms with Gasteiger partial charge in [-0.3, -0.25) is 0 Å². The Labute approximate surface area is 201 Å². The Bertz CT molecular complexity index is 1200. The van der Waals surface area contributed by atoms with Crippen molar-refractivity contribution in [3.8, 4) is 5.88 Å². The summed E-state index contributed by atoms with van der Waals surface area (Å²) in [5, 5.41) is 0.288. The molecule has 178 valence electrons. The second-order valence-electron chi connectivity index (χ2n) is 8.72. The minimum absolute atomic E-state index is 0.157. The quantitative estimate of drug-likeness (QED) is 0.426. The molecular weight excluding hydrogens is 462 g/mol. The maximum absolute atomic E-state index is 14.2. The van der Waals surface area contributed by atoms with E-state index < -0.39 is 11.6 Å². The molecule has 2 aliphatic rings. The van der Waals surface area contributed by atoms with Crippen LogP contribution in [-0.2, 0) is 24.3 Å². The van der Waals surface area contributed by atoms with E-state index in [4.69, 9.17) is 21.1 Å². The number of rotatable bonds is 8. The number of nitrogens with zero attached hydrogens (tertiary/aromatic N) is 4. The smallest absolute Gasteiger partial charge is 0.254 e. The summed E-state index contributed by atoms with van der Waals surface area (Å²) in [6.45, 7) is 1.55. The molecule has 1 fully saturated rings. The Hall–Kier alpha value is -2.84. The van der Waals surface area contributed by atoms with Crippen molar-refractivity contribution in [2.45, 2.75) is 51.4 Å². The second-order valence-corrected chi connectivity index (χ2v) is 9.16. The van der Waals surface area contributed by atoms with E-state index in [9.17, 15) is 8.78 Å². The fourth-order valence-corrected chi connectivity index (χ4v) is 4.43. The minimum atomic E-state index is -0.685. The maximum atomic E-state index is 14.2. The summed E-state index contributed by atoms with van der Waals surface area (Å²) in [6.07, 6.45) is 12.0. The van der Waals surface area contributed by atoms with Gasteiger partial charge in [0, 0.05) is 36.0 Å². The summed E-state index contributed by atoms with van der Waals surface area (Å²) in [4.78, 5) is 13.0. The lowest BCUT2D eigenvalue weighted by atomic mass is 9.87. The molecule has 5 rings (SSSR count). The fraction of sp³-hybridized carbons (Fsp3) is 0.400. The van der Waals surface area contributed by atoms with Crippen molar-refractivity contribution in [1.29, 1.82) is 0 Å². The third-order valence-corrected chi connectivity index (χ3v) is 6.60. The lowest BCUT2D eigenvalue weighted by molar-refractivity contribution is -0.0596. The highest BCUT2D eigenvalue weighted by atomic mass is 35.5. The van der Waals surface area contributed by atoms with Gasteiger partial charge < -0.3 is 14.0 Å². The highest BCUT2D eigenvalue weighted by molar-refractivity contribution is 6.30. The van der Waals surface area contributed by atoms with Gasteiger partial charge in [-0.2, -0.15) is 9.37 Å². The highest BCUT2D eigenvalue weighted by Gasteiger charge is 2.23. The van der Waals surface area contributed by atoms with Crippen molar-refractivity contribution in [2.75, 3.05) is 6.61 Å². The molecule has 2 aromatic heterocycles. The molecule has 0 radical (unpaired) electrons. The van der Waals surface area contributed by atoms with Gasteiger partial charge in [-0.25, -0.2) is 14.4 Å². The van der Waals surface area contributed by atoms with Gasteiger partial charge in [0.25, 0.3) is 5.88 Å². The Morgan fingerprint density at radius 1 is 1.18 bits per heavy atom. The summed E-state index contributed by atoms with van der Waals surface area (Å²) in [5.74, 6) is 0.605. The molecule has 0 saturated carbocycles. The van der Waals surface area contributed by atoms with Gasteiger partial charge in [-0.15, -0.1) is 0 Å². The monoisotopic (exact) mass is 486 g/mol.